The van der Waals surface area contributed by atoms with Gasteiger partial charge in [-0.2, -0.15) is 5.26 Å². The number of hydrogen-bond acceptors (Lipinski definition) is 2. The van der Waals surface area contributed by atoms with Crippen molar-refractivity contribution in [2.45, 2.75) is 13.5 Å². The quantitative estimate of drug-likeness (QED) is 0.522. The average molecular weight is 341 g/mol. The number of nitrogens with zero attached hydrogens (tertiary/aromatic N) is 3. The highest BCUT2D eigenvalue weighted by atomic mass is 19.1. The molecular weight excluding hydrogens is 325 g/mol. The smallest absolute Gasteiger partial charge is 0.132 e. The molecule has 0 aliphatic heterocycles. The van der Waals surface area contributed by atoms with Crippen LogP contribution in [0.1, 0.15) is 16.7 Å². The van der Waals surface area contributed by atoms with Gasteiger partial charge in [0.05, 0.1) is 22.8 Å². The SMILES string of the molecule is Cc1c(-c2cccnc2)n(Cc2cccc(C#N)c2)c2cccc(F)c12. The summed E-state index contributed by atoms with van der Waals surface area (Å²) in [5.41, 5.74) is 5.23. The van der Waals surface area contributed by atoms with E-state index in [9.17, 15) is 4.39 Å². The van der Waals surface area contributed by atoms with Gasteiger partial charge in [-0.1, -0.05) is 18.2 Å². The van der Waals surface area contributed by atoms with E-state index >= 15 is 0 Å². The summed E-state index contributed by atoms with van der Waals surface area (Å²) in [6, 6.07) is 18.7. The summed E-state index contributed by atoms with van der Waals surface area (Å²) in [5, 5.41) is 9.79. The molecule has 3 nitrogen and oxygen atoms in total. The molecule has 4 heteroatoms. The maximum Gasteiger partial charge on any atom is 0.132 e. The van der Waals surface area contributed by atoms with Crippen LogP contribution in [-0.4, -0.2) is 9.55 Å². The Labute approximate surface area is 151 Å². The first-order chi connectivity index (χ1) is 12.7. The van der Waals surface area contributed by atoms with Crippen LogP contribution in [0.25, 0.3) is 22.2 Å². The van der Waals surface area contributed by atoms with Crippen molar-refractivity contribution in [2.75, 3.05) is 0 Å². The second kappa shape index (κ2) is 6.45. The van der Waals surface area contributed by atoms with Gasteiger partial charge in [-0.3, -0.25) is 4.98 Å². The molecule has 0 bridgehead atoms. The molecule has 0 saturated carbocycles. The number of aryl methyl sites for hydroxylation is 1. The molecule has 0 unspecified atom stereocenters. The van der Waals surface area contributed by atoms with Crippen LogP contribution in [0.2, 0.25) is 0 Å². The first kappa shape index (κ1) is 16.0. The Balaban J connectivity index is 1.98. The topological polar surface area (TPSA) is 41.6 Å². The van der Waals surface area contributed by atoms with Crippen molar-refractivity contribution >= 4 is 10.9 Å². The number of fused-ring (bicyclic) bond motifs is 1. The molecule has 0 aliphatic rings. The minimum atomic E-state index is -0.227. The number of hydrogen-bond donors (Lipinski definition) is 0. The first-order valence-corrected chi connectivity index (χ1v) is 8.36. The average Bonchev–Trinajstić information content (AvgIpc) is 2.95. The van der Waals surface area contributed by atoms with Gasteiger partial charge in [-0.15, -0.1) is 0 Å². The molecule has 4 rings (SSSR count). The molecule has 2 aromatic heterocycles. The van der Waals surface area contributed by atoms with Crippen molar-refractivity contribution in [3.8, 4) is 17.3 Å². The first-order valence-electron chi connectivity index (χ1n) is 8.36. The Morgan fingerprint density at radius 3 is 2.73 bits per heavy atom. The lowest BCUT2D eigenvalue weighted by molar-refractivity contribution is 0.639. The monoisotopic (exact) mass is 341 g/mol. The standard InChI is InChI=1S/C22H16FN3/c1-15-21-19(23)8-3-9-20(21)26(22(15)18-7-4-10-25-13-18)14-17-6-2-5-16(11-17)12-24/h2-11,13H,14H2,1H3. The molecule has 0 fully saturated rings. The fraction of sp³-hybridized carbons (Fsp3) is 0.0909. The molecule has 0 aliphatic carbocycles. The van der Waals surface area contributed by atoms with Gasteiger partial charge in [0, 0.05) is 29.9 Å². The van der Waals surface area contributed by atoms with Gasteiger partial charge in [0.1, 0.15) is 5.82 Å². The van der Waals surface area contributed by atoms with Crippen LogP contribution in [-0.2, 0) is 6.54 Å². The van der Waals surface area contributed by atoms with E-state index in [1.54, 1.807) is 24.5 Å². The van der Waals surface area contributed by atoms with E-state index in [-0.39, 0.29) is 5.82 Å². The normalized spacial score (nSPS) is 10.8. The summed E-state index contributed by atoms with van der Waals surface area (Å²) in [6.45, 7) is 2.49. The number of rotatable bonds is 3. The van der Waals surface area contributed by atoms with Crippen LogP contribution < -0.4 is 0 Å². The minimum Gasteiger partial charge on any atom is -0.336 e. The van der Waals surface area contributed by atoms with Gasteiger partial charge in [0.15, 0.2) is 0 Å². The van der Waals surface area contributed by atoms with E-state index in [0.29, 0.717) is 17.5 Å². The Morgan fingerprint density at radius 1 is 1.12 bits per heavy atom. The van der Waals surface area contributed by atoms with Gasteiger partial charge < -0.3 is 4.57 Å². The molecular formula is C22H16FN3. The zero-order valence-corrected chi connectivity index (χ0v) is 14.3. The summed E-state index contributed by atoms with van der Waals surface area (Å²) in [5.74, 6) is -0.227. The fourth-order valence-electron chi connectivity index (χ4n) is 3.51. The van der Waals surface area contributed by atoms with Crippen molar-refractivity contribution in [1.82, 2.24) is 9.55 Å². The molecule has 0 N–H and O–H groups in total. The highest BCUT2D eigenvalue weighted by Crippen LogP contribution is 2.35. The van der Waals surface area contributed by atoms with Crippen LogP contribution in [0.15, 0.2) is 67.0 Å². The Bertz CT molecular complexity index is 1140. The number of benzene rings is 2. The van der Waals surface area contributed by atoms with Crippen molar-refractivity contribution in [2.24, 2.45) is 0 Å². The zero-order valence-electron chi connectivity index (χ0n) is 14.3. The fourth-order valence-corrected chi connectivity index (χ4v) is 3.51. The summed E-state index contributed by atoms with van der Waals surface area (Å²) < 4.78 is 16.6. The van der Waals surface area contributed by atoms with Gasteiger partial charge in [0.2, 0.25) is 0 Å². The van der Waals surface area contributed by atoms with Gasteiger partial charge in [-0.25, -0.2) is 4.39 Å². The summed E-state index contributed by atoms with van der Waals surface area (Å²) in [4.78, 5) is 4.22. The largest absolute Gasteiger partial charge is 0.336 e. The third kappa shape index (κ3) is 2.64. The third-order valence-corrected chi connectivity index (χ3v) is 4.61. The predicted molar refractivity (Wildman–Crippen MR) is 100 cm³/mol. The summed E-state index contributed by atoms with van der Waals surface area (Å²) >= 11 is 0. The molecule has 2 aromatic carbocycles. The maximum atomic E-state index is 14.5. The van der Waals surface area contributed by atoms with Crippen LogP contribution in [0.4, 0.5) is 4.39 Å². The summed E-state index contributed by atoms with van der Waals surface area (Å²) in [6.07, 6.45) is 3.52. The van der Waals surface area contributed by atoms with Crippen molar-refractivity contribution < 1.29 is 4.39 Å². The molecule has 126 valence electrons. The maximum absolute atomic E-state index is 14.5. The molecule has 0 radical (unpaired) electrons. The molecule has 4 aromatic rings. The zero-order chi connectivity index (χ0) is 18.1. The molecule has 26 heavy (non-hydrogen) atoms. The van der Waals surface area contributed by atoms with E-state index in [2.05, 4.69) is 15.6 Å². The van der Waals surface area contributed by atoms with E-state index in [1.807, 2.05) is 43.3 Å². The van der Waals surface area contributed by atoms with E-state index in [4.69, 9.17) is 5.26 Å². The third-order valence-electron chi connectivity index (χ3n) is 4.61. The second-order valence-electron chi connectivity index (χ2n) is 6.25. The highest BCUT2D eigenvalue weighted by molar-refractivity contribution is 5.92. The Kier molecular flexibility index (Phi) is 3.98. The number of nitriles is 1. The molecule has 0 atom stereocenters. The molecule has 0 saturated heterocycles. The molecule has 0 spiro atoms. The van der Waals surface area contributed by atoms with Crippen LogP contribution in [0.5, 0.6) is 0 Å². The van der Waals surface area contributed by atoms with E-state index in [1.165, 1.54) is 6.07 Å². The molecule has 2 heterocycles. The van der Waals surface area contributed by atoms with Crippen LogP contribution in [0, 0.1) is 24.1 Å². The van der Waals surface area contributed by atoms with E-state index < -0.39 is 0 Å². The molecule has 0 amide bonds. The van der Waals surface area contributed by atoms with E-state index in [0.717, 1.165) is 27.9 Å². The van der Waals surface area contributed by atoms with Gasteiger partial charge in [-0.05, 0) is 54.4 Å². The van der Waals surface area contributed by atoms with Crippen LogP contribution in [0.3, 0.4) is 0 Å². The van der Waals surface area contributed by atoms with Crippen molar-refractivity contribution in [3.63, 3.8) is 0 Å². The number of pyridine rings is 1. The Morgan fingerprint density at radius 2 is 1.96 bits per heavy atom. The minimum absolute atomic E-state index is 0.227. The second-order valence-corrected chi connectivity index (χ2v) is 6.25. The van der Waals surface area contributed by atoms with Gasteiger partial charge in [0.25, 0.3) is 0 Å². The lowest BCUT2D eigenvalue weighted by Crippen LogP contribution is -2.02. The van der Waals surface area contributed by atoms with Crippen LogP contribution >= 0.6 is 0 Å². The van der Waals surface area contributed by atoms with Crippen molar-refractivity contribution in [1.29, 1.82) is 5.26 Å². The predicted octanol–water partition coefficient (Wildman–Crippen LogP) is 5.07. The lowest BCUT2D eigenvalue weighted by Gasteiger charge is -2.12. The summed E-state index contributed by atoms with van der Waals surface area (Å²) in [7, 11) is 0. The van der Waals surface area contributed by atoms with Crippen molar-refractivity contribution in [3.05, 3.63) is 89.5 Å². The highest BCUT2D eigenvalue weighted by Gasteiger charge is 2.18. The number of halogens is 1. The van der Waals surface area contributed by atoms with Gasteiger partial charge >= 0.3 is 0 Å². The number of aromatic nitrogens is 2. The Hall–Kier alpha value is -3.45. The lowest BCUT2D eigenvalue weighted by atomic mass is 10.1.